The van der Waals surface area contributed by atoms with Gasteiger partial charge in [-0.05, 0) is 42.3 Å². The summed E-state index contributed by atoms with van der Waals surface area (Å²) in [7, 11) is 0. The van der Waals surface area contributed by atoms with E-state index in [1.54, 1.807) is 16.0 Å². The lowest BCUT2D eigenvalue weighted by Crippen LogP contribution is -2.22. The van der Waals surface area contributed by atoms with E-state index < -0.39 is 11.4 Å². The van der Waals surface area contributed by atoms with Gasteiger partial charge >= 0.3 is 5.97 Å². The third-order valence-corrected chi connectivity index (χ3v) is 4.25. The van der Waals surface area contributed by atoms with Crippen LogP contribution in [0.2, 0.25) is 0 Å². The second-order valence-corrected chi connectivity index (χ2v) is 5.94. The molecule has 7 heteroatoms. The molecule has 1 fully saturated rings. The minimum absolute atomic E-state index is 0.349. The van der Waals surface area contributed by atoms with Crippen LogP contribution in [0.5, 0.6) is 0 Å². The van der Waals surface area contributed by atoms with Crippen molar-refractivity contribution in [2.45, 2.75) is 26.3 Å². The zero-order chi connectivity index (χ0) is 12.8. The summed E-state index contributed by atoms with van der Waals surface area (Å²) in [6.07, 6.45) is 1.40. The van der Waals surface area contributed by atoms with E-state index >= 15 is 0 Å². The van der Waals surface area contributed by atoms with Crippen LogP contribution in [-0.2, 0) is 11.3 Å². The molecule has 0 aliphatic heterocycles. The molecule has 3 rings (SSSR count). The molecular formula is C11H12N4O2S. The predicted molar refractivity (Wildman–Crippen MR) is 65.2 cm³/mol. The molecule has 0 spiro atoms. The van der Waals surface area contributed by atoms with Crippen molar-refractivity contribution < 1.29 is 9.90 Å². The van der Waals surface area contributed by atoms with Gasteiger partial charge in [0.1, 0.15) is 0 Å². The lowest BCUT2D eigenvalue weighted by atomic mass is 10.1. The highest BCUT2D eigenvalue weighted by Gasteiger charge is 2.51. The Morgan fingerprint density at radius 3 is 2.89 bits per heavy atom. The summed E-state index contributed by atoms with van der Waals surface area (Å²) in [5, 5.41) is 20.7. The molecule has 0 radical (unpaired) electrons. The summed E-state index contributed by atoms with van der Waals surface area (Å²) in [4.78, 5) is 13.3. The van der Waals surface area contributed by atoms with Crippen molar-refractivity contribution >= 4 is 17.3 Å². The number of aromatic nitrogens is 4. The van der Waals surface area contributed by atoms with Gasteiger partial charge in [0.15, 0.2) is 5.82 Å². The first-order chi connectivity index (χ1) is 8.61. The summed E-state index contributed by atoms with van der Waals surface area (Å²) >= 11 is 1.60. The summed E-state index contributed by atoms with van der Waals surface area (Å²) in [5.74, 6) is -0.105. The third kappa shape index (κ3) is 1.80. The van der Waals surface area contributed by atoms with Crippen molar-refractivity contribution in [1.82, 2.24) is 20.2 Å². The molecule has 0 unspecified atom stereocenters. The fraction of sp³-hybridized carbons (Fsp3) is 0.455. The van der Waals surface area contributed by atoms with Gasteiger partial charge in [0.2, 0.25) is 0 Å². The van der Waals surface area contributed by atoms with Crippen LogP contribution < -0.4 is 0 Å². The van der Waals surface area contributed by atoms with E-state index in [0.29, 0.717) is 25.2 Å². The molecule has 2 heterocycles. The number of tetrazole rings is 1. The Hall–Kier alpha value is -1.76. The minimum atomic E-state index is -0.758. The summed E-state index contributed by atoms with van der Waals surface area (Å²) in [5.41, 5.74) is -0.656. The standard InChI is InChI=1S/C11H12N4O2S/c1-7-2-3-8(18-7)9-12-13-14-15(9)6-11(4-5-11)10(16)17/h2-3H,4-6H2,1H3,(H,16,17). The SMILES string of the molecule is Cc1ccc(-c2nnnn2CC2(C(=O)O)CC2)s1. The number of hydrogen-bond donors (Lipinski definition) is 1. The first-order valence-electron chi connectivity index (χ1n) is 5.67. The van der Waals surface area contributed by atoms with Gasteiger partial charge in [-0.15, -0.1) is 16.4 Å². The van der Waals surface area contributed by atoms with Crippen LogP contribution in [0.3, 0.4) is 0 Å². The quantitative estimate of drug-likeness (QED) is 0.906. The Labute approximate surface area is 107 Å². The van der Waals surface area contributed by atoms with Crippen molar-refractivity contribution in [1.29, 1.82) is 0 Å². The monoisotopic (exact) mass is 264 g/mol. The number of aliphatic carboxylic acids is 1. The molecule has 1 saturated carbocycles. The lowest BCUT2D eigenvalue weighted by Gasteiger charge is -2.09. The molecular weight excluding hydrogens is 252 g/mol. The van der Waals surface area contributed by atoms with Gasteiger partial charge in [-0.25, -0.2) is 4.68 Å². The molecule has 0 aromatic carbocycles. The first-order valence-corrected chi connectivity index (χ1v) is 6.49. The van der Waals surface area contributed by atoms with Crippen LogP contribution in [0.4, 0.5) is 0 Å². The largest absolute Gasteiger partial charge is 0.481 e. The normalized spacial score (nSPS) is 16.7. The van der Waals surface area contributed by atoms with Crippen molar-refractivity contribution in [3.05, 3.63) is 17.0 Å². The molecule has 1 aliphatic rings. The summed E-state index contributed by atoms with van der Waals surface area (Å²) < 4.78 is 1.60. The van der Waals surface area contributed by atoms with Crippen molar-refractivity contribution in [3.8, 4) is 10.7 Å². The van der Waals surface area contributed by atoms with Gasteiger partial charge in [0.05, 0.1) is 16.8 Å². The van der Waals surface area contributed by atoms with Gasteiger partial charge in [0, 0.05) is 4.88 Å². The molecule has 1 N–H and O–H groups in total. The maximum Gasteiger partial charge on any atom is 0.311 e. The van der Waals surface area contributed by atoms with Crippen LogP contribution in [0.1, 0.15) is 17.7 Å². The van der Waals surface area contributed by atoms with Gasteiger partial charge in [-0.2, -0.15) is 0 Å². The lowest BCUT2D eigenvalue weighted by molar-refractivity contribution is -0.144. The molecule has 0 bridgehead atoms. The molecule has 0 saturated heterocycles. The van der Waals surface area contributed by atoms with Crippen LogP contribution in [0.15, 0.2) is 12.1 Å². The Morgan fingerprint density at radius 1 is 1.56 bits per heavy atom. The van der Waals surface area contributed by atoms with Gasteiger partial charge in [-0.3, -0.25) is 4.79 Å². The number of carbonyl (C=O) groups is 1. The highest BCUT2D eigenvalue weighted by Crippen LogP contribution is 2.47. The third-order valence-electron chi connectivity index (χ3n) is 3.25. The number of carboxylic acid groups (broad SMARTS) is 1. The van der Waals surface area contributed by atoms with Gasteiger partial charge in [0.25, 0.3) is 0 Å². The smallest absolute Gasteiger partial charge is 0.311 e. The van der Waals surface area contributed by atoms with E-state index in [9.17, 15) is 9.90 Å². The van der Waals surface area contributed by atoms with Gasteiger partial charge in [-0.1, -0.05) is 0 Å². The van der Waals surface area contributed by atoms with E-state index in [1.807, 2.05) is 19.1 Å². The van der Waals surface area contributed by atoms with Gasteiger partial charge < -0.3 is 5.11 Å². The average Bonchev–Trinajstić information content (AvgIpc) is 2.76. The fourth-order valence-electron chi connectivity index (χ4n) is 1.92. The Balaban J connectivity index is 1.91. The van der Waals surface area contributed by atoms with E-state index in [1.165, 1.54) is 4.88 Å². The van der Waals surface area contributed by atoms with Crippen LogP contribution >= 0.6 is 11.3 Å². The average molecular weight is 264 g/mol. The Morgan fingerprint density at radius 2 is 2.33 bits per heavy atom. The number of nitrogens with zero attached hydrogens (tertiary/aromatic N) is 4. The highest BCUT2D eigenvalue weighted by molar-refractivity contribution is 7.15. The van der Waals surface area contributed by atoms with Crippen LogP contribution in [-0.4, -0.2) is 31.3 Å². The predicted octanol–water partition coefficient (Wildman–Crippen LogP) is 1.57. The maximum atomic E-state index is 11.2. The Bertz CT molecular complexity index is 600. The molecule has 18 heavy (non-hydrogen) atoms. The molecule has 1 aliphatic carbocycles. The molecule has 6 nitrogen and oxygen atoms in total. The zero-order valence-corrected chi connectivity index (χ0v) is 10.6. The molecule has 0 atom stereocenters. The second kappa shape index (κ2) is 3.88. The number of carboxylic acids is 1. The number of rotatable bonds is 4. The molecule has 2 aromatic rings. The molecule has 2 aromatic heterocycles. The second-order valence-electron chi connectivity index (χ2n) is 4.66. The van der Waals surface area contributed by atoms with E-state index in [0.717, 1.165) is 4.88 Å². The number of thiophene rings is 1. The first kappa shape index (κ1) is 11.3. The number of aryl methyl sites for hydroxylation is 1. The van der Waals surface area contributed by atoms with E-state index in [2.05, 4.69) is 15.5 Å². The molecule has 0 amide bonds. The van der Waals surface area contributed by atoms with Crippen molar-refractivity contribution in [2.75, 3.05) is 0 Å². The van der Waals surface area contributed by atoms with Crippen molar-refractivity contribution in [2.24, 2.45) is 5.41 Å². The van der Waals surface area contributed by atoms with Crippen LogP contribution in [0.25, 0.3) is 10.7 Å². The maximum absolute atomic E-state index is 11.2. The minimum Gasteiger partial charge on any atom is -0.481 e. The molecule has 94 valence electrons. The van der Waals surface area contributed by atoms with Crippen LogP contribution in [0, 0.1) is 12.3 Å². The number of hydrogen-bond acceptors (Lipinski definition) is 5. The van der Waals surface area contributed by atoms with Crippen molar-refractivity contribution in [3.63, 3.8) is 0 Å². The topological polar surface area (TPSA) is 80.9 Å². The summed E-state index contributed by atoms with van der Waals surface area (Å²) in [6.45, 7) is 2.36. The van der Waals surface area contributed by atoms with E-state index in [-0.39, 0.29) is 0 Å². The zero-order valence-electron chi connectivity index (χ0n) is 9.83. The fourth-order valence-corrected chi connectivity index (χ4v) is 2.78. The Kier molecular flexibility index (Phi) is 2.44. The highest BCUT2D eigenvalue weighted by atomic mass is 32.1. The van der Waals surface area contributed by atoms with E-state index in [4.69, 9.17) is 0 Å². The summed E-state index contributed by atoms with van der Waals surface area (Å²) in [6, 6.07) is 3.96.